The Morgan fingerprint density at radius 1 is 1.33 bits per heavy atom. The first-order valence-corrected chi connectivity index (χ1v) is 6.24. The smallest absolute Gasteiger partial charge is 0.0613 e. The van der Waals surface area contributed by atoms with Gasteiger partial charge in [0.05, 0.1) is 6.61 Å². The lowest BCUT2D eigenvalue weighted by atomic mass is 9.97. The molecule has 0 bridgehead atoms. The number of likely N-dealkylation sites (N-methyl/N-ethyl adjacent to an activating group) is 1. The van der Waals surface area contributed by atoms with Crippen LogP contribution in [0.2, 0.25) is 0 Å². The molecule has 0 amide bonds. The number of nitrogens with one attached hydrogen (secondary N) is 1. The fraction of sp³-hybridized carbons (Fsp3) is 1.00. The largest absolute Gasteiger partial charge is 0.394 e. The lowest BCUT2D eigenvalue weighted by molar-refractivity contribution is 0.149. The van der Waals surface area contributed by atoms with Crippen molar-refractivity contribution in [2.24, 2.45) is 5.92 Å². The molecule has 0 heterocycles. The molecule has 15 heavy (non-hydrogen) atoms. The summed E-state index contributed by atoms with van der Waals surface area (Å²) in [5.41, 5.74) is -0.0346. The van der Waals surface area contributed by atoms with E-state index >= 15 is 0 Å². The summed E-state index contributed by atoms with van der Waals surface area (Å²) in [4.78, 5) is 2.40. The summed E-state index contributed by atoms with van der Waals surface area (Å²) in [6, 6.07) is 0. The predicted octanol–water partition coefficient (Wildman–Crippen LogP) is 1.08. The molecule has 3 heteroatoms. The van der Waals surface area contributed by atoms with Crippen LogP contribution in [0.25, 0.3) is 0 Å². The molecular weight excluding hydrogens is 188 g/mol. The SMILES string of the molecule is CCN(CC)CCNC(C)(CO)C1CC1. The molecule has 2 N–H and O–H groups in total. The second-order valence-electron chi connectivity index (χ2n) is 4.80. The molecule has 1 saturated carbocycles. The third-order valence-corrected chi connectivity index (χ3v) is 3.66. The van der Waals surface area contributed by atoms with Gasteiger partial charge in [0, 0.05) is 18.6 Å². The number of hydrogen-bond donors (Lipinski definition) is 2. The standard InChI is InChI=1S/C12H26N2O/c1-4-14(5-2)9-8-13-12(3,10-15)11-6-7-11/h11,13,15H,4-10H2,1-3H3. The number of aliphatic hydroxyl groups excluding tert-OH is 1. The van der Waals surface area contributed by atoms with Gasteiger partial charge in [-0.2, -0.15) is 0 Å². The Bertz CT molecular complexity index is 178. The minimum absolute atomic E-state index is 0.0346. The third kappa shape index (κ3) is 3.74. The van der Waals surface area contributed by atoms with Crippen LogP contribution in [0, 0.1) is 5.92 Å². The van der Waals surface area contributed by atoms with Crippen molar-refractivity contribution in [3.63, 3.8) is 0 Å². The van der Waals surface area contributed by atoms with Crippen molar-refractivity contribution in [2.75, 3.05) is 32.8 Å². The van der Waals surface area contributed by atoms with E-state index in [4.69, 9.17) is 0 Å². The maximum Gasteiger partial charge on any atom is 0.0613 e. The number of aliphatic hydroxyl groups is 1. The molecule has 1 aliphatic carbocycles. The van der Waals surface area contributed by atoms with Gasteiger partial charge < -0.3 is 15.3 Å². The van der Waals surface area contributed by atoms with E-state index in [1.165, 1.54) is 12.8 Å². The van der Waals surface area contributed by atoms with Crippen LogP contribution in [0.15, 0.2) is 0 Å². The fourth-order valence-electron chi connectivity index (χ4n) is 2.09. The second-order valence-corrected chi connectivity index (χ2v) is 4.80. The number of rotatable bonds is 8. The van der Waals surface area contributed by atoms with Crippen molar-refractivity contribution in [2.45, 2.75) is 39.2 Å². The van der Waals surface area contributed by atoms with Gasteiger partial charge in [0.1, 0.15) is 0 Å². The maximum absolute atomic E-state index is 9.40. The Hall–Kier alpha value is -0.120. The first-order chi connectivity index (χ1) is 7.16. The highest BCUT2D eigenvalue weighted by Crippen LogP contribution is 2.39. The monoisotopic (exact) mass is 214 g/mol. The molecule has 0 radical (unpaired) electrons. The molecule has 1 rings (SSSR count). The van der Waals surface area contributed by atoms with Crippen molar-refractivity contribution < 1.29 is 5.11 Å². The molecule has 0 aromatic carbocycles. The van der Waals surface area contributed by atoms with E-state index in [0.29, 0.717) is 5.92 Å². The summed E-state index contributed by atoms with van der Waals surface area (Å²) in [7, 11) is 0. The van der Waals surface area contributed by atoms with Gasteiger partial charge in [-0.3, -0.25) is 0 Å². The van der Waals surface area contributed by atoms with E-state index in [0.717, 1.165) is 26.2 Å². The van der Waals surface area contributed by atoms with Crippen LogP contribution >= 0.6 is 0 Å². The van der Waals surface area contributed by atoms with Crippen LogP contribution in [0.1, 0.15) is 33.6 Å². The molecule has 3 nitrogen and oxygen atoms in total. The Balaban J connectivity index is 2.22. The summed E-state index contributed by atoms with van der Waals surface area (Å²) < 4.78 is 0. The van der Waals surface area contributed by atoms with Crippen molar-refractivity contribution in [1.29, 1.82) is 0 Å². The summed E-state index contributed by atoms with van der Waals surface area (Å²) in [6.45, 7) is 11.1. The van der Waals surface area contributed by atoms with Gasteiger partial charge in [-0.25, -0.2) is 0 Å². The summed E-state index contributed by atoms with van der Waals surface area (Å²) in [6.07, 6.45) is 2.55. The first kappa shape index (κ1) is 12.9. The molecule has 0 aromatic rings. The predicted molar refractivity (Wildman–Crippen MR) is 64.0 cm³/mol. The molecule has 1 atom stereocenters. The molecule has 0 spiro atoms. The highest BCUT2D eigenvalue weighted by atomic mass is 16.3. The van der Waals surface area contributed by atoms with Gasteiger partial charge >= 0.3 is 0 Å². The van der Waals surface area contributed by atoms with E-state index < -0.39 is 0 Å². The average molecular weight is 214 g/mol. The van der Waals surface area contributed by atoms with Crippen LogP contribution in [-0.2, 0) is 0 Å². The van der Waals surface area contributed by atoms with Gasteiger partial charge in [0.25, 0.3) is 0 Å². The maximum atomic E-state index is 9.40. The van der Waals surface area contributed by atoms with E-state index in [1.807, 2.05) is 0 Å². The first-order valence-electron chi connectivity index (χ1n) is 6.24. The van der Waals surface area contributed by atoms with Crippen molar-refractivity contribution in [1.82, 2.24) is 10.2 Å². The fourth-order valence-corrected chi connectivity index (χ4v) is 2.09. The van der Waals surface area contributed by atoms with Gasteiger partial charge in [0.2, 0.25) is 0 Å². The van der Waals surface area contributed by atoms with Crippen molar-refractivity contribution in [3.05, 3.63) is 0 Å². The van der Waals surface area contributed by atoms with Gasteiger partial charge in [-0.1, -0.05) is 13.8 Å². The Labute approximate surface area is 93.9 Å². The van der Waals surface area contributed by atoms with Gasteiger partial charge in [-0.15, -0.1) is 0 Å². The minimum atomic E-state index is -0.0346. The topological polar surface area (TPSA) is 35.5 Å². The van der Waals surface area contributed by atoms with Gasteiger partial charge in [0.15, 0.2) is 0 Å². The average Bonchev–Trinajstić information content (AvgIpc) is 3.08. The van der Waals surface area contributed by atoms with Crippen LogP contribution < -0.4 is 5.32 Å². The molecule has 0 aliphatic heterocycles. The zero-order valence-corrected chi connectivity index (χ0v) is 10.4. The second kappa shape index (κ2) is 5.83. The zero-order chi connectivity index (χ0) is 11.3. The Morgan fingerprint density at radius 3 is 2.33 bits per heavy atom. The van der Waals surface area contributed by atoms with E-state index in [-0.39, 0.29) is 12.1 Å². The Kier molecular flexibility index (Phi) is 5.03. The van der Waals surface area contributed by atoms with E-state index in [2.05, 4.69) is 31.0 Å². The Morgan fingerprint density at radius 2 is 1.93 bits per heavy atom. The number of hydrogen-bond acceptors (Lipinski definition) is 3. The number of nitrogens with zero attached hydrogens (tertiary/aromatic N) is 1. The lowest BCUT2D eigenvalue weighted by Gasteiger charge is -2.30. The van der Waals surface area contributed by atoms with Crippen LogP contribution in [-0.4, -0.2) is 48.3 Å². The normalized spacial score (nSPS) is 20.6. The molecule has 0 saturated heterocycles. The molecule has 90 valence electrons. The highest BCUT2D eigenvalue weighted by Gasteiger charge is 2.40. The van der Waals surface area contributed by atoms with Crippen LogP contribution in [0.5, 0.6) is 0 Å². The molecule has 0 aromatic heterocycles. The highest BCUT2D eigenvalue weighted by molar-refractivity contribution is 4.97. The quantitative estimate of drug-likeness (QED) is 0.634. The molecule has 1 unspecified atom stereocenters. The summed E-state index contributed by atoms with van der Waals surface area (Å²) in [5.74, 6) is 0.694. The molecular formula is C12H26N2O. The van der Waals surface area contributed by atoms with Crippen LogP contribution in [0.4, 0.5) is 0 Å². The molecule has 1 fully saturated rings. The van der Waals surface area contributed by atoms with E-state index in [9.17, 15) is 5.11 Å². The lowest BCUT2D eigenvalue weighted by Crippen LogP contribution is -2.50. The van der Waals surface area contributed by atoms with Crippen molar-refractivity contribution in [3.8, 4) is 0 Å². The summed E-state index contributed by atoms with van der Waals surface area (Å²) >= 11 is 0. The molecule has 1 aliphatic rings. The zero-order valence-electron chi connectivity index (χ0n) is 10.4. The van der Waals surface area contributed by atoms with Gasteiger partial charge in [-0.05, 0) is 38.8 Å². The van der Waals surface area contributed by atoms with E-state index in [1.54, 1.807) is 0 Å². The van der Waals surface area contributed by atoms with Crippen LogP contribution in [0.3, 0.4) is 0 Å². The third-order valence-electron chi connectivity index (χ3n) is 3.66. The summed E-state index contributed by atoms with van der Waals surface area (Å²) in [5, 5.41) is 12.9. The minimum Gasteiger partial charge on any atom is -0.394 e. The van der Waals surface area contributed by atoms with Crippen molar-refractivity contribution >= 4 is 0 Å².